The van der Waals surface area contributed by atoms with Crippen molar-refractivity contribution in [1.82, 2.24) is 14.6 Å². The highest BCUT2D eigenvalue weighted by Crippen LogP contribution is 2.15. The van der Waals surface area contributed by atoms with Crippen LogP contribution in [0.15, 0.2) is 42.6 Å². The zero-order chi connectivity index (χ0) is 13.9. The van der Waals surface area contributed by atoms with E-state index >= 15 is 0 Å². The fourth-order valence-electron chi connectivity index (χ4n) is 2.06. The lowest BCUT2D eigenvalue weighted by Gasteiger charge is -2.01. The first kappa shape index (κ1) is 12.3. The molecule has 0 unspecified atom stereocenters. The Bertz CT molecular complexity index is 765. The van der Waals surface area contributed by atoms with Crippen molar-refractivity contribution in [2.24, 2.45) is 0 Å². The Morgan fingerprint density at radius 2 is 2.20 bits per heavy atom. The lowest BCUT2D eigenvalue weighted by Crippen LogP contribution is -1.93. The SMILES string of the molecule is COc1cccc(Cc2nc3cc(C=O)ccn3n2)c1. The van der Waals surface area contributed by atoms with E-state index in [1.165, 1.54) is 0 Å². The predicted octanol–water partition coefficient (Wildman–Crippen LogP) is 2.14. The summed E-state index contributed by atoms with van der Waals surface area (Å²) in [6.45, 7) is 0. The number of carbonyl (C=O) groups is 1. The van der Waals surface area contributed by atoms with Gasteiger partial charge in [0.2, 0.25) is 0 Å². The first-order valence-corrected chi connectivity index (χ1v) is 6.22. The summed E-state index contributed by atoms with van der Waals surface area (Å²) < 4.78 is 6.87. The molecule has 100 valence electrons. The summed E-state index contributed by atoms with van der Waals surface area (Å²) in [4.78, 5) is 15.2. The Hall–Kier alpha value is -2.69. The quantitative estimate of drug-likeness (QED) is 0.680. The average molecular weight is 267 g/mol. The molecule has 2 heterocycles. The molecule has 0 aliphatic carbocycles. The van der Waals surface area contributed by atoms with E-state index in [-0.39, 0.29) is 0 Å². The molecule has 0 N–H and O–H groups in total. The number of rotatable bonds is 4. The van der Waals surface area contributed by atoms with Crippen LogP contribution >= 0.6 is 0 Å². The molecule has 1 aromatic carbocycles. The van der Waals surface area contributed by atoms with Gasteiger partial charge in [0.25, 0.3) is 0 Å². The lowest BCUT2D eigenvalue weighted by molar-refractivity contribution is 0.112. The third-order valence-corrected chi connectivity index (χ3v) is 3.04. The van der Waals surface area contributed by atoms with E-state index < -0.39 is 0 Å². The van der Waals surface area contributed by atoms with Crippen LogP contribution in [0.25, 0.3) is 5.65 Å². The number of methoxy groups -OCH3 is 1. The van der Waals surface area contributed by atoms with Gasteiger partial charge in [0, 0.05) is 18.2 Å². The number of fused-ring (bicyclic) bond motifs is 1. The van der Waals surface area contributed by atoms with Gasteiger partial charge in [0.1, 0.15) is 12.0 Å². The second-order valence-electron chi connectivity index (χ2n) is 4.44. The average Bonchev–Trinajstić information content (AvgIpc) is 2.88. The summed E-state index contributed by atoms with van der Waals surface area (Å²) in [6, 6.07) is 11.2. The molecule has 2 aromatic heterocycles. The Morgan fingerprint density at radius 3 is 3.00 bits per heavy atom. The maximum absolute atomic E-state index is 10.7. The second kappa shape index (κ2) is 5.13. The van der Waals surface area contributed by atoms with Crippen LogP contribution in [0, 0.1) is 0 Å². The summed E-state index contributed by atoms with van der Waals surface area (Å²) >= 11 is 0. The smallest absolute Gasteiger partial charge is 0.156 e. The topological polar surface area (TPSA) is 56.5 Å². The number of aldehydes is 1. The van der Waals surface area contributed by atoms with Crippen molar-refractivity contribution < 1.29 is 9.53 Å². The fourth-order valence-corrected chi connectivity index (χ4v) is 2.06. The number of pyridine rings is 1. The van der Waals surface area contributed by atoms with E-state index in [2.05, 4.69) is 10.1 Å². The Labute approximate surface area is 115 Å². The standard InChI is InChI=1S/C15H13N3O2/c1-20-13-4-2-3-11(7-13)8-14-16-15-9-12(10-19)5-6-18(15)17-14/h2-7,9-10H,8H2,1H3. The highest BCUT2D eigenvalue weighted by Gasteiger charge is 2.06. The van der Waals surface area contributed by atoms with Crippen molar-refractivity contribution in [1.29, 1.82) is 0 Å². The maximum atomic E-state index is 10.7. The minimum atomic E-state index is 0.595. The molecule has 0 fully saturated rings. The molecular formula is C15H13N3O2. The van der Waals surface area contributed by atoms with Crippen molar-refractivity contribution in [2.75, 3.05) is 7.11 Å². The molecule has 0 aliphatic rings. The third-order valence-electron chi connectivity index (χ3n) is 3.04. The molecule has 5 heteroatoms. The Morgan fingerprint density at radius 1 is 1.30 bits per heavy atom. The second-order valence-corrected chi connectivity index (χ2v) is 4.44. The molecule has 0 amide bonds. The summed E-state index contributed by atoms with van der Waals surface area (Å²) in [6.07, 6.45) is 3.16. The summed E-state index contributed by atoms with van der Waals surface area (Å²) in [5, 5.41) is 4.39. The van der Waals surface area contributed by atoms with Crippen LogP contribution in [-0.2, 0) is 6.42 Å². The van der Waals surface area contributed by atoms with Crippen molar-refractivity contribution in [3.05, 3.63) is 59.5 Å². The molecule has 0 spiro atoms. The van der Waals surface area contributed by atoms with Gasteiger partial charge in [-0.2, -0.15) is 5.10 Å². The summed E-state index contributed by atoms with van der Waals surface area (Å²) in [7, 11) is 1.64. The van der Waals surface area contributed by atoms with Gasteiger partial charge >= 0.3 is 0 Å². The number of benzene rings is 1. The minimum absolute atomic E-state index is 0.595. The zero-order valence-corrected chi connectivity index (χ0v) is 11.0. The molecule has 0 aliphatic heterocycles. The monoisotopic (exact) mass is 267 g/mol. The molecule has 0 radical (unpaired) electrons. The van der Waals surface area contributed by atoms with Crippen LogP contribution in [-0.4, -0.2) is 28.0 Å². The van der Waals surface area contributed by atoms with Gasteiger partial charge in [-0.15, -0.1) is 0 Å². The van der Waals surface area contributed by atoms with Gasteiger partial charge in [-0.1, -0.05) is 12.1 Å². The summed E-state index contributed by atoms with van der Waals surface area (Å²) in [5.41, 5.74) is 2.35. The number of hydrogen-bond donors (Lipinski definition) is 0. The highest BCUT2D eigenvalue weighted by atomic mass is 16.5. The molecule has 0 saturated carbocycles. The normalized spacial score (nSPS) is 10.7. The highest BCUT2D eigenvalue weighted by molar-refractivity contribution is 5.76. The number of carbonyl (C=O) groups excluding carboxylic acids is 1. The first-order valence-electron chi connectivity index (χ1n) is 6.22. The van der Waals surface area contributed by atoms with E-state index in [1.807, 2.05) is 24.3 Å². The zero-order valence-electron chi connectivity index (χ0n) is 11.0. The number of ether oxygens (including phenoxy) is 1. The van der Waals surface area contributed by atoms with Crippen molar-refractivity contribution in [3.63, 3.8) is 0 Å². The van der Waals surface area contributed by atoms with E-state index in [4.69, 9.17) is 4.74 Å². The lowest BCUT2D eigenvalue weighted by atomic mass is 10.1. The molecule has 0 saturated heterocycles. The van der Waals surface area contributed by atoms with Crippen LogP contribution in [0.1, 0.15) is 21.7 Å². The fraction of sp³-hybridized carbons (Fsp3) is 0.133. The van der Waals surface area contributed by atoms with Crippen molar-refractivity contribution >= 4 is 11.9 Å². The number of hydrogen-bond acceptors (Lipinski definition) is 4. The van der Waals surface area contributed by atoms with Gasteiger partial charge in [0.05, 0.1) is 7.11 Å². The van der Waals surface area contributed by atoms with Gasteiger partial charge in [0.15, 0.2) is 11.5 Å². The van der Waals surface area contributed by atoms with Gasteiger partial charge in [-0.05, 0) is 29.8 Å². The van der Waals surface area contributed by atoms with Crippen LogP contribution in [0.4, 0.5) is 0 Å². The molecule has 0 bridgehead atoms. The van der Waals surface area contributed by atoms with Gasteiger partial charge in [-0.3, -0.25) is 4.79 Å². The van der Waals surface area contributed by atoms with E-state index in [1.54, 1.807) is 30.0 Å². The van der Waals surface area contributed by atoms with E-state index in [0.29, 0.717) is 23.5 Å². The third kappa shape index (κ3) is 2.38. The Kier molecular flexibility index (Phi) is 3.16. The Balaban J connectivity index is 1.92. The first-order chi connectivity index (χ1) is 9.78. The molecular weight excluding hydrogens is 254 g/mol. The van der Waals surface area contributed by atoms with Crippen LogP contribution in [0.5, 0.6) is 5.75 Å². The largest absolute Gasteiger partial charge is 0.497 e. The van der Waals surface area contributed by atoms with Crippen molar-refractivity contribution in [3.8, 4) is 5.75 Å². The van der Waals surface area contributed by atoms with Crippen molar-refractivity contribution in [2.45, 2.75) is 6.42 Å². The molecule has 20 heavy (non-hydrogen) atoms. The van der Waals surface area contributed by atoms with E-state index in [9.17, 15) is 4.79 Å². The maximum Gasteiger partial charge on any atom is 0.156 e. The number of nitrogens with zero attached hydrogens (tertiary/aromatic N) is 3. The summed E-state index contributed by atoms with van der Waals surface area (Å²) in [5.74, 6) is 1.52. The predicted molar refractivity (Wildman–Crippen MR) is 74.2 cm³/mol. The molecule has 3 aromatic rings. The number of aromatic nitrogens is 3. The van der Waals surface area contributed by atoms with Crippen LogP contribution < -0.4 is 4.74 Å². The van der Waals surface area contributed by atoms with Gasteiger partial charge in [-0.25, -0.2) is 9.50 Å². The molecule has 5 nitrogen and oxygen atoms in total. The van der Waals surface area contributed by atoms with Crippen LogP contribution in [0.3, 0.4) is 0 Å². The molecule has 0 atom stereocenters. The van der Waals surface area contributed by atoms with Crippen LogP contribution in [0.2, 0.25) is 0 Å². The molecule has 3 rings (SSSR count). The van der Waals surface area contributed by atoms with E-state index in [0.717, 1.165) is 17.6 Å². The van der Waals surface area contributed by atoms with Gasteiger partial charge < -0.3 is 4.74 Å². The minimum Gasteiger partial charge on any atom is -0.497 e.